The molecule has 0 bridgehead atoms. The van der Waals surface area contributed by atoms with Crippen LogP contribution in [0.2, 0.25) is 0 Å². The topological polar surface area (TPSA) is 90.5 Å². The second-order valence-electron chi connectivity index (χ2n) is 11.3. The molecule has 5 aromatic heterocycles. The zero-order chi connectivity index (χ0) is 31.2. The van der Waals surface area contributed by atoms with Gasteiger partial charge in [-0.25, -0.2) is 14.6 Å². The molecule has 0 fully saturated rings. The van der Waals surface area contributed by atoms with Crippen LogP contribution in [-0.2, 0) is 0 Å². The standard InChI is InChI=1S/C40H24N6O/c1-2-8-27(9-3-1)39-31-18-19-34-40(46-47-45-34)38(31)30-17-16-28(22-35(30)44-39)25-12-14-26(15-13-25)29-23-36(32-10-4-6-20-41-32)43-37(24-29)33-11-5-7-21-42-33/h1-24H. The number of benzene rings is 4. The lowest BCUT2D eigenvalue weighted by Gasteiger charge is -2.12. The second-order valence-corrected chi connectivity index (χ2v) is 11.3. The summed E-state index contributed by atoms with van der Waals surface area (Å²) in [7, 11) is 0. The predicted molar refractivity (Wildman–Crippen MR) is 185 cm³/mol. The molecule has 220 valence electrons. The molecule has 0 saturated heterocycles. The van der Waals surface area contributed by atoms with E-state index in [2.05, 4.69) is 93.1 Å². The lowest BCUT2D eigenvalue weighted by molar-refractivity contribution is 0.316. The van der Waals surface area contributed by atoms with Gasteiger partial charge in [0.1, 0.15) is 11.0 Å². The van der Waals surface area contributed by atoms with Gasteiger partial charge in [0.15, 0.2) is 0 Å². The van der Waals surface area contributed by atoms with E-state index in [-0.39, 0.29) is 0 Å². The summed E-state index contributed by atoms with van der Waals surface area (Å²) in [6, 6.07) is 45.1. The van der Waals surface area contributed by atoms with Crippen LogP contribution >= 0.6 is 0 Å². The molecule has 0 spiro atoms. The van der Waals surface area contributed by atoms with Gasteiger partial charge in [0, 0.05) is 34.1 Å². The van der Waals surface area contributed by atoms with Crippen molar-refractivity contribution >= 4 is 32.7 Å². The number of pyridine rings is 4. The zero-order valence-corrected chi connectivity index (χ0v) is 24.9. The van der Waals surface area contributed by atoms with Crippen molar-refractivity contribution in [1.82, 2.24) is 30.2 Å². The van der Waals surface area contributed by atoms with Crippen LogP contribution in [0.1, 0.15) is 0 Å². The molecule has 0 amide bonds. The number of hydrogen-bond donors (Lipinski definition) is 0. The van der Waals surface area contributed by atoms with Crippen molar-refractivity contribution in [2.45, 2.75) is 0 Å². The molecule has 0 aliphatic rings. The summed E-state index contributed by atoms with van der Waals surface area (Å²) in [6.45, 7) is 0. The van der Waals surface area contributed by atoms with E-state index in [0.29, 0.717) is 0 Å². The van der Waals surface area contributed by atoms with Crippen LogP contribution < -0.4 is 0 Å². The minimum Gasteiger partial charge on any atom is -0.255 e. The van der Waals surface area contributed by atoms with Gasteiger partial charge in [0.25, 0.3) is 0 Å². The summed E-state index contributed by atoms with van der Waals surface area (Å²) in [5.41, 5.74) is 11.8. The Labute approximate surface area is 269 Å². The van der Waals surface area contributed by atoms with E-state index in [9.17, 15) is 0 Å². The first-order valence-corrected chi connectivity index (χ1v) is 15.3. The third-order valence-corrected chi connectivity index (χ3v) is 8.46. The highest BCUT2D eigenvalue weighted by atomic mass is 16.6. The minimum atomic E-state index is 0.720. The SMILES string of the molecule is c1ccc(-c2nc3cc(-c4ccc(-c5cc(-c6ccccn6)nc(-c6ccccn6)c5)cc4)ccc3c3c2ccc2nonc23)cc1. The normalized spacial score (nSPS) is 11.4. The van der Waals surface area contributed by atoms with E-state index in [0.717, 1.165) is 89.0 Å². The van der Waals surface area contributed by atoms with E-state index in [1.54, 1.807) is 12.4 Å². The van der Waals surface area contributed by atoms with Gasteiger partial charge in [-0.05, 0) is 87.2 Å². The monoisotopic (exact) mass is 604 g/mol. The van der Waals surface area contributed by atoms with Crippen molar-refractivity contribution in [3.63, 3.8) is 0 Å². The van der Waals surface area contributed by atoms with Gasteiger partial charge < -0.3 is 0 Å². The van der Waals surface area contributed by atoms with Crippen LogP contribution in [0.15, 0.2) is 150 Å². The minimum absolute atomic E-state index is 0.720. The average molecular weight is 605 g/mol. The number of rotatable bonds is 5. The van der Waals surface area contributed by atoms with Crippen molar-refractivity contribution < 1.29 is 4.63 Å². The second kappa shape index (κ2) is 11.1. The lowest BCUT2D eigenvalue weighted by atomic mass is 9.95. The zero-order valence-electron chi connectivity index (χ0n) is 24.9. The van der Waals surface area contributed by atoms with Gasteiger partial charge in [-0.3, -0.25) is 9.97 Å². The predicted octanol–water partition coefficient (Wildman–Crippen LogP) is 9.44. The molecule has 0 atom stereocenters. The fourth-order valence-corrected chi connectivity index (χ4v) is 6.18. The van der Waals surface area contributed by atoms with Crippen LogP contribution in [0.25, 0.3) is 89.0 Å². The maximum Gasteiger partial charge on any atom is 0.143 e. The maximum atomic E-state index is 5.20. The Balaban J connectivity index is 1.15. The van der Waals surface area contributed by atoms with Crippen LogP contribution in [-0.4, -0.2) is 30.2 Å². The Morgan fingerprint density at radius 2 is 1.04 bits per heavy atom. The number of nitrogens with zero attached hydrogens (tertiary/aromatic N) is 6. The average Bonchev–Trinajstić information content (AvgIpc) is 3.65. The molecule has 9 aromatic rings. The largest absolute Gasteiger partial charge is 0.255 e. The van der Waals surface area contributed by atoms with Gasteiger partial charge in [0.2, 0.25) is 0 Å². The number of hydrogen-bond acceptors (Lipinski definition) is 7. The molecule has 7 heteroatoms. The molecule has 0 radical (unpaired) electrons. The van der Waals surface area contributed by atoms with Crippen LogP contribution in [0.3, 0.4) is 0 Å². The number of aromatic nitrogens is 6. The molecular weight excluding hydrogens is 580 g/mol. The summed E-state index contributed by atoms with van der Waals surface area (Å²) in [5.74, 6) is 0. The molecule has 4 aromatic carbocycles. The Morgan fingerprint density at radius 1 is 0.404 bits per heavy atom. The third-order valence-electron chi connectivity index (χ3n) is 8.46. The van der Waals surface area contributed by atoms with Gasteiger partial charge in [0.05, 0.1) is 34.0 Å². The molecular formula is C40H24N6O. The fourth-order valence-electron chi connectivity index (χ4n) is 6.18. The van der Waals surface area contributed by atoms with Crippen LogP contribution in [0, 0.1) is 0 Å². The van der Waals surface area contributed by atoms with Crippen molar-refractivity contribution in [3.05, 3.63) is 146 Å². The van der Waals surface area contributed by atoms with E-state index in [1.165, 1.54) is 0 Å². The van der Waals surface area contributed by atoms with Crippen LogP contribution in [0.4, 0.5) is 0 Å². The summed E-state index contributed by atoms with van der Waals surface area (Å²) in [4.78, 5) is 19.2. The molecule has 0 N–H and O–H groups in total. The van der Waals surface area contributed by atoms with Gasteiger partial charge in [-0.2, -0.15) is 0 Å². The Kier molecular flexibility index (Phi) is 6.31. The maximum absolute atomic E-state index is 5.20. The van der Waals surface area contributed by atoms with Gasteiger partial charge in [-0.1, -0.05) is 78.9 Å². The highest BCUT2D eigenvalue weighted by molar-refractivity contribution is 6.20. The summed E-state index contributed by atoms with van der Waals surface area (Å²) in [6.07, 6.45) is 3.57. The Morgan fingerprint density at radius 3 is 1.72 bits per heavy atom. The summed E-state index contributed by atoms with van der Waals surface area (Å²) in [5, 5.41) is 11.4. The smallest absolute Gasteiger partial charge is 0.143 e. The van der Waals surface area contributed by atoms with Crippen molar-refractivity contribution in [2.24, 2.45) is 0 Å². The summed E-state index contributed by atoms with van der Waals surface area (Å²) < 4.78 is 5.14. The molecule has 0 unspecified atom stereocenters. The van der Waals surface area contributed by atoms with Crippen molar-refractivity contribution in [3.8, 4) is 56.3 Å². The van der Waals surface area contributed by atoms with Crippen molar-refractivity contribution in [1.29, 1.82) is 0 Å². The highest BCUT2D eigenvalue weighted by Gasteiger charge is 2.17. The molecule has 9 rings (SSSR count). The first-order chi connectivity index (χ1) is 23.3. The van der Waals surface area contributed by atoms with Gasteiger partial charge in [-0.15, -0.1) is 0 Å². The Hall–Kier alpha value is -6.60. The summed E-state index contributed by atoms with van der Waals surface area (Å²) >= 11 is 0. The molecule has 0 saturated carbocycles. The molecule has 5 heterocycles. The molecule has 47 heavy (non-hydrogen) atoms. The molecule has 0 aliphatic heterocycles. The third kappa shape index (κ3) is 4.78. The molecule has 0 aliphatic carbocycles. The first-order valence-electron chi connectivity index (χ1n) is 15.3. The Bertz CT molecular complexity index is 2490. The fraction of sp³-hybridized carbons (Fsp3) is 0. The lowest BCUT2D eigenvalue weighted by Crippen LogP contribution is -1.94. The van der Waals surface area contributed by atoms with E-state index < -0.39 is 0 Å². The van der Waals surface area contributed by atoms with E-state index in [4.69, 9.17) is 14.6 Å². The van der Waals surface area contributed by atoms with E-state index in [1.807, 2.05) is 60.7 Å². The molecule has 7 nitrogen and oxygen atoms in total. The quantitative estimate of drug-likeness (QED) is 0.181. The van der Waals surface area contributed by atoms with Gasteiger partial charge >= 0.3 is 0 Å². The van der Waals surface area contributed by atoms with Crippen molar-refractivity contribution in [2.75, 3.05) is 0 Å². The number of fused-ring (bicyclic) bond motifs is 5. The highest BCUT2D eigenvalue weighted by Crippen LogP contribution is 2.38. The first kappa shape index (κ1) is 26.8. The van der Waals surface area contributed by atoms with E-state index >= 15 is 0 Å². The van der Waals surface area contributed by atoms with Crippen LogP contribution in [0.5, 0.6) is 0 Å².